The molecule has 2 aliphatic heterocycles. The summed E-state index contributed by atoms with van der Waals surface area (Å²) in [6.07, 6.45) is 3.75. The van der Waals surface area contributed by atoms with Gasteiger partial charge in [0.25, 0.3) is 5.91 Å². The Morgan fingerprint density at radius 2 is 1.73 bits per heavy atom. The molecule has 26 heavy (non-hydrogen) atoms. The second-order valence-electron chi connectivity index (χ2n) is 7.14. The number of piperazine rings is 1. The summed E-state index contributed by atoms with van der Waals surface area (Å²) >= 11 is 0. The molecule has 0 N–H and O–H groups in total. The number of likely N-dealkylation sites (tertiary alicyclic amines) is 1. The topological polar surface area (TPSA) is 56.2 Å². The summed E-state index contributed by atoms with van der Waals surface area (Å²) in [5.41, 5.74) is 0.943. The van der Waals surface area contributed by atoms with E-state index in [4.69, 9.17) is 0 Å². The molecule has 2 amide bonds. The lowest BCUT2D eigenvalue weighted by Gasteiger charge is -2.32. The Labute approximate surface area is 155 Å². The van der Waals surface area contributed by atoms with Crippen molar-refractivity contribution < 1.29 is 9.59 Å². The predicted molar refractivity (Wildman–Crippen MR) is 102 cm³/mol. The summed E-state index contributed by atoms with van der Waals surface area (Å²) in [5, 5.41) is 0. The second-order valence-corrected chi connectivity index (χ2v) is 7.14. The third-order valence-electron chi connectivity index (χ3n) is 5.13. The van der Waals surface area contributed by atoms with Crippen molar-refractivity contribution in [1.29, 1.82) is 0 Å². The summed E-state index contributed by atoms with van der Waals surface area (Å²) in [6.45, 7) is 6.00. The first-order chi connectivity index (χ1) is 12.6. The lowest BCUT2D eigenvalue weighted by atomic mass is 10.2. The van der Waals surface area contributed by atoms with E-state index in [0.29, 0.717) is 6.54 Å². The molecule has 0 radical (unpaired) electrons. The number of imide groups is 1. The monoisotopic (exact) mass is 356 g/mol. The lowest BCUT2D eigenvalue weighted by molar-refractivity contribution is -0.138. The maximum absolute atomic E-state index is 12.4. The van der Waals surface area contributed by atoms with Crippen LogP contribution in [0.15, 0.2) is 35.3 Å². The van der Waals surface area contributed by atoms with E-state index < -0.39 is 6.04 Å². The van der Waals surface area contributed by atoms with E-state index >= 15 is 0 Å². The maximum Gasteiger partial charge on any atom is 0.254 e. The van der Waals surface area contributed by atoms with E-state index in [1.807, 2.05) is 30.3 Å². The zero-order valence-corrected chi connectivity index (χ0v) is 15.5. The number of amides is 2. The van der Waals surface area contributed by atoms with Crippen molar-refractivity contribution in [2.75, 3.05) is 46.3 Å². The Kier molecular flexibility index (Phi) is 6.52. The van der Waals surface area contributed by atoms with Gasteiger partial charge in [0.15, 0.2) is 0 Å². The van der Waals surface area contributed by atoms with Gasteiger partial charge in [0.1, 0.15) is 6.04 Å². The van der Waals surface area contributed by atoms with Crippen molar-refractivity contribution in [2.24, 2.45) is 4.99 Å². The minimum absolute atomic E-state index is 0.0928. The number of nitrogens with zero attached hydrogens (tertiary/aromatic N) is 4. The van der Waals surface area contributed by atoms with Crippen molar-refractivity contribution in [3.8, 4) is 0 Å². The van der Waals surface area contributed by atoms with Crippen LogP contribution >= 0.6 is 0 Å². The molecule has 6 heteroatoms. The molecule has 3 rings (SSSR count). The summed E-state index contributed by atoms with van der Waals surface area (Å²) in [4.78, 5) is 35.1. The summed E-state index contributed by atoms with van der Waals surface area (Å²) in [5.74, 6) is -0.244. The predicted octanol–water partition coefficient (Wildman–Crippen LogP) is 1.26. The van der Waals surface area contributed by atoms with Crippen LogP contribution in [0.1, 0.15) is 24.8 Å². The molecule has 1 unspecified atom stereocenters. The summed E-state index contributed by atoms with van der Waals surface area (Å²) in [6, 6.07) is 9.10. The number of carbonyl (C=O) groups is 2. The van der Waals surface area contributed by atoms with Gasteiger partial charge >= 0.3 is 0 Å². The van der Waals surface area contributed by atoms with E-state index in [1.165, 1.54) is 4.90 Å². The molecule has 2 heterocycles. The molecule has 1 aromatic rings. The summed E-state index contributed by atoms with van der Waals surface area (Å²) < 4.78 is 0. The standard InChI is InChI=1S/C20H28N4O2/c1-22-11-13-23(14-12-22)9-5-6-10-24-19(25)15-18(20(24)26)21-16-17-7-3-2-4-8-17/h2-4,7-8,16,18H,5-6,9-15H2,1H3. The number of hydrogen-bond acceptors (Lipinski definition) is 5. The Bertz CT molecular complexity index is 638. The first-order valence-corrected chi connectivity index (χ1v) is 9.47. The molecule has 2 fully saturated rings. The maximum atomic E-state index is 12.4. The van der Waals surface area contributed by atoms with Crippen LogP contribution < -0.4 is 0 Å². The van der Waals surface area contributed by atoms with Gasteiger partial charge in [-0.2, -0.15) is 0 Å². The number of rotatable bonds is 7. The molecular weight excluding hydrogens is 328 g/mol. The van der Waals surface area contributed by atoms with E-state index in [-0.39, 0.29) is 18.2 Å². The van der Waals surface area contributed by atoms with E-state index in [1.54, 1.807) is 6.21 Å². The van der Waals surface area contributed by atoms with Gasteiger partial charge in [0.05, 0.1) is 6.42 Å². The Balaban J connectivity index is 1.42. The third kappa shape index (κ3) is 4.99. The van der Waals surface area contributed by atoms with Gasteiger partial charge in [-0.1, -0.05) is 30.3 Å². The minimum atomic E-state index is -0.555. The fourth-order valence-electron chi connectivity index (χ4n) is 3.41. The van der Waals surface area contributed by atoms with Crippen molar-refractivity contribution in [1.82, 2.24) is 14.7 Å². The van der Waals surface area contributed by atoms with Crippen molar-refractivity contribution >= 4 is 18.0 Å². The van der Waals surface area contributed by atoms with E-state index in [9.17, 15) is 9.59 Å². The SMILES string of the molecule is CN1CCN(CCCCN2C(=O)CC(N=Cc3ccccc3)C2=O)CC1. The number of likely N-dealkylation sites (N-methyl/N-ethyl adjacent to an activating group) is 1. The van der Waals surface area contributed by atoms with Crippen LogP contribution in [0.3, 0.4) is 0 Å². The molecular formula is C20H28N4O2. The molecule has 6 nitrogen and oxygen atoms in total. The minimum Gasteiger partial charge on any atom is -0.304 e. The van der Waals surface area contributed by atoms with Gasteiger partial charge in [-0.3, -0.25) is 19.5 Å². The van der Waals surface area contributed by atoms with Crippen LogP contribution in [0, 0.1) is 0 Å². The number of hydrogen-bond donors (Lipinski definition) is 0. The largest absolute Gasteiger partial charge is 0.304 e. The molecule has 0 bridgehead atoms. The van der Waals surface area contributed by atoms with Crippen LogP contribution in [0.5, 0.6) is 0 Å². The molecule has 0 aromatic heterocycles. The van der Waals surface area contributed by atoms with Crippen LogP contribution in [-0.2, 0) is 9.59 Å². The molecule has 2 aliphatic rings. The Morgan fingerprint density at radius 3 is 2.46 bits per heavy atom. The third-order valence-corrected chi connectivity index (χ3v) is 5.13. The Morgan fingerprint density at radius 1 is 1.04 bits per heavy atom. The first kappa shape index (κ1) is 18.7. The number of benzene rings is 1. The van der Waals surface area contributed by atoms with Crippen molar-refractivity contribution in [3.63, 3.8) is 0 Å². The molecule has 140 valence electrons. The van der Waals surface area contributed by atoms with Gasteiger partial charge in [-0.25, -0.2) is 0 Å². The molecule has 0 saturated carbocycles. The average molecular weight is 356 g/mol. The van der Waals surface area contributed by atoms with Crippen LogP contribution in [-0.4, -0.2) is 85.1 Å². The number of unbranched alkanes of at least 4 members (excludes halogenated alkanes) is 1. The fourth-order valence-corrected chi connectivity index (χ4v) is 3.41. The molecule has 0 aliphatic carbocycles. The highest BCUT2D eigenvalue weighted by Crippen LogP contribution is 2.17. The highest BCUT2D eigenvalue weighted by Gasteiger charge is 2.37. The zero-order valence-electron chi connectivity index (χ0n) is 15.5. The molecule has 1 aromatic carbocycles. The highest BCUT2D eigenvalue weighted by atomic mass is 16.2. The number of carbonyl (C=O) groups excluding carboxylic acids is 2. The molecule has 1 atom stereocenters. The van der Waals surface area contributed by atoms with Crippen LogP contribution in [0.4, 0.5) is 0 Å². The van der Waals surface area contributed by atoms with Gasteiger partial charge in [-0.15, -0.1) is 0 Å². The lowest BCUT2D eigenvalue weighted by Crippen LogP contribution is -2.44. The van der Waals surface area contributed by atoms with Crippen molar-refractivity contribution in [2.45, 2.75) is 25.3 Å². The Hall–Kier alpha value is -2.05. The number of aliphatic imine (C=N–C) groups is 1. The smallest absolute Gasteiger partial charge is 0.254 e. The highest BCUT2D eigenvalue weighted by molar-refractivity contribution is 6.06. The second kappa shape index (κ2) is 9.05. The summed E-state index contributed by atoms with van der Waals surface area (Å²) in [7, 11) is 2.15. The van der Waals surface area contributed by atoms with Crippen molar-refractivity contribution in [3.05, 3.63) is 35.9 Å². The van der Waals surface area contributed by atoms with Crippen LogP contribution in [0.2, 0.25) is 0 Å². The molecule has 0 spiro atoms. The quantitative estimate of drug-likeness (QED) is 0.419. The first-order valence-electron chi connectivity index (χ1n) is 9.47. The molecule has 2 saturated heterocycles. The average Bonchev–Trinajstić information content (AvgIpc) is 2.93. The van der Waals surface area contributed by atoms with Gasteiger partial charge in [0, 0.05) is 38.9 Å². The normalized spacial score (nSPS) is 22.7. The van der Waals surface area contributed by atoms with Gasteiger partial charge in [0.2, 0.25) is 5.91 Å². The van der Waals surface area contributed by atoms with E-state index in [2.05, 4.69) is 21.8 Å². The van der Waals surface area contributed by atoms with Crippen LogP contribution in [0.25, 0.3) is 0 Å². The van der Waals surface area contributed by atoms with E-state index in [0.717, 1.165) is 51.1 Å². The fraction of sp³-hybridized carbons (Fsp3) is 0.550. The van der Waals surface area contributed by atoms with Gasteiger partial charge in [-0.05, 0) is 32.0 Å². The zero-order chi connectivity index (χ0) is 18.4. The van der Waals surface area contributed by atoms with Gasteiger partial charge < -0.3 is 9.80 Å².